The number of aliphatic hydroxyl groups excluding tert-OH is 10. The van der Waals surface area contributed by atoms with Crippen molar-refractivity contribution in [1.82, 2.24) is 0 Å². The van der Waals surface area contributed by atoms with Crippen molar-refractivity contribution in [2.75, 3.05) is 71.1 Å². The Kier molecular flexibility index (Phi) is 139. The van der Waals surface area contributed by atoms with Gasteiger partial charge in [0.2, 0.25) is 0 Å². The van der Waals surface area contributed by atoms with Crippen LogP contribution in [0.1, 0.15) is 116 Å². The van der Waals surface area contributed by atoms with Gasteiger partial charge in [-0.1, -0.05) is 384 Å². The van der Waals surface area contributed by atoms with E-state index in [0.29, 0.717) is 13.2 Å². The fourth-order valence-corrected chi connectivity index (χ4v) is 10.6. The first-order valence-electron chi connectivity index (χ1n) is 37.0. The van der Waals surface area contributed by atoms with E-state index in [-0.39, 0.29) is 71.2 Å². The number of ether oxygens (including phenoxy) is 1. The van der Waals surface area contributed by atoms with Gasteiger partial charge < -0.3 is 127 Å². The summed E-state index contributed by atoms with van der Waals surface area (Å²) < 4.78 is 6.02. The van der Waals surface area contributed by atoms with Crippen LogP contribution in [0.5, 0.6) is 0 Å². The number of aliphatic hydroxyl groups is 10. The van der Waals surface area contributed by atoms with E-state index >= 15 is 0 Å². The van der Waals surface area contributed by atoms with Crippen LogP contribution in [0, 0.1) is 0 Å². The third-order valence-electron chi connectivity index (χ3n) is 15.0. The van der Waals surface area contributed by atoms with Crippen LogP contribution in [0.4, 0.5) is 0 Å². The molecular weight excluding hydrogens is 1590 g/mol. The second kappa shape index (κ2) is 114. The smallest absolute Gasteiger partial charge is 0.0721 e. The van der Waals surface area contributed by atoms with Crippen molar-refractivity contribution in [1.29, 1.82) is 0 Å². The van der Waals surface area contributed by atoms with Gasteiger partial charge in [-0.2, -0.15) is 0 Å². The van der Waals surface area contributed by atoms with E-state index in [9.17, 15) is 0 Å². The van der Waals surface area contributed by atoms with Crippen molar-refractivity contribution < 1.29 is 127 Å². The monoisotopic (exact) mass is 1740 g/mol. The molecule has 0 radical (unpaired) electrons. The normalized spacial score (nSPS) is 8.24. The molecule has 0 atom stereocenters. The van der Waals surface area contributed by atoms with Crippen LogP contribution < -0.4 is 0 Å². The van der Waals surface area contributed by atoms with E-state index < -0.39 is 0 Å². The molecule has 0 bridgehead atoms. The first kappa shape index (κ1) is 151. The van der Waals surface area contributed by atoms with Crippen molar-refractivity contribution >= 4 is 0 Å². The number of aryl methyl sites for hydroxylation is 1. The number of allylic oxidation sites excluding steroid dienone is 4. The summed E-state index contributed by atoms with van der Waals surface area (Å²) in [6.45, 7) is 5.51. The van der Waals surface area contributed by atoms with E-state index in [1.807, 2.05) is 36.4 Å². The minimum absolute atomic E-state index is 0. The molecule has 0 aliphatic carbocycles. The summed E-state index contributed by atoms with van der Waals surface area (Å²) in [5.41, 5.74) is 21.5. The summed E-state index contributed by atoms with van der Waals surface area (Å²) >= 11 is 0. The molecule has 0 aliphatic rings. The molecule has 0 saturated heterocycles. The topological polar surface area (TPSA) is 621 Å². The van der Waals surface area contributed by atoms with Gasteiger partial charge in [0.05, 0.1) is 13.2 Å². The maximum Gasteiger partial charge on any atom is 0.0721 e. The predicted molar refractivity (Wildman–Crippen MR) is 517 cm³/mol. The van der Waals surface area contributed by atoms with Gasteiger partial charge in [0.15, 0.2) is 0 Å². The lowest BCUT2D eigenvalue weighted by Gasteiger charge is -2.09. The van der Waals surface area contributed by atoms with Gasteiger partial charge in [-0.3, -0.25) is 0 Å². The molecule has 0 spiro atoms. The molecule has 0 aliphatic heterocycles. The molecule has 124 heavy (non-hydrogen) atoms. The van der Waals surface area contributed by atoms with Gasteiger partial charge in [0.25, 0.3) is 0 Å². The third-order valence-corrected chi connectivity index (χ3v) is 15.0. The van der Waals surface area contributed by atoms with E-state index in [4.69, 9.17) is 55.8 Å². The number of benzene rings is 12. The first-order chi connectivity index (χ1) is 55.0. The van der Waals surface area contributed by atoms with Gasteiger partial charge >= 0.3 is 0 Å². The zero-order chi connectivity index (χ0) is 82.9. The Bertz CT molecular complexity index is 3780. The zero-order valence-electron chi connectivity index (χ0n) is 74.5. The molecule has 0 unspecified atom stereocenters. The van der Waals surface area contributed by atoms with Crippen LogP contribution in [0.3, 0.4) is 0 Å². The highest BCUT2D eigenvalue weighted by atomic mass is 16.5. The highest BCUT2D eigenvalue weighted by Crippen LogP contribution is 2.20. The Hall–Kier alpha value is -10.8. The van der Waals surface area contributed by atoms with Gasteiger partial charge in [0, 0.05) is 71.1 Å². The van der Waals surface area contributed by atoms with Crippen molar-refractivity contribution in [3.8, 4) is 0 Å². The van der Waals surface area contributed by atoms with Gasteiger partial charge in [0.1, 0.15) is 0 Å². The molecule has 36 N–H and O–H groups in total. The quantitative estimate of drug-likeness (QED) is 0.0289. The van der Waals surface area contributed by atoms with E-state index in [1.54, 1.807) is 0 Å². The van der Waals surface area contributed by atoms with Crippen LogP contribution in [-0.2, 0) is 69.3 Å². The molecule has 12 rings (SSSR count). The largest absolute Gasteiger partial charge is 0.412 e. The minimum atomic E-state index is 0. The molecule has 0 amide bonds. The first-order valence-corrected chi connectivity index (χ1v) is 37.0. The lowest BCUT2D eigenvalue weighted by Crippen LogP contribution is -1.97. The SMILES string of the molecule is C(=C/CCc1cccc(Cc2ccccc2)c1)/C=C/Cc1ccccc1.CCC.CO.CO.CO.CO.CO.CO.CO.CO.CO.CO.O.O.O.O.O.O.O.O.O.O.O.O.O.c1ccc(Cc2cccc(COCc3cccc(Cc4ccccc4)c3)c2)cc1.c1ccc(Cc2cccc(Cc3cccc(Cc4ccccc4)c3)c2)cc1.c1ccccc1. The predicted octanol–water partition coefficient (Wildman–Crippen LogP) is 8.08. The second-order valence-corrected chi connectivity index (χ2v) is 23.0. The second-order valence-electron chi connectivity index (χ2n) is 23.0. The van der Waals surface area contributed by atoms with Gasteiger partial charge in [-0.15, -0.1) is 0 Å². The van der Waals surface area contributed by atoms with Crippen LogP contribution in [0.15, 0.2) is 364 Å². The molecule has 0 aromatic heterocycles. The lowest BCUT2D eigenvalue weighted by molar-refractivity contribution is 0.107. The standard InChI is InChI=1S/C28H26O.C27H24.C26H26.C6H6.C3H8.10CH4O.13H2O/c1-3-9-23(10-4-1)17-25-13-7-15-27(19-25)21-29-22-28-16-8-14-26(20-28)18-24-11-5-2-6-12-24;1-3-9-22(10-4-1)17-24-13-7-15-26(19-24)21-27-16-8-14-25(20-27)18-23-11-5-2-6-12-23;1(2-6-13-23-14-8-4-9-15-23)3-7-16-25-19-12-20-26(22-25)21-24-17-10-5-11-18-24;1-2-4-6-5-3-1;1-3-2;10*1-2;;;;;;;;;;;;;/h1-16,19-20H,17-18,21-22H2;1-16,19-20H,17-18,21H2;1-6,8-12,14-15,17-20,22H,7,13,16,21H2;1-6H;3H2,1-2H3;10*2H,1H3;13*1H2/b;;3-1-,6-2+;;;;;;;;;;;;;;;;;;;;;;;;;. The number of hydrogen-bond acceptors (Lipinski definition) is 11. The Morgan fingerprint density at radius 3 is 0.565 bits per heavy atom. The summed E-state index contributed by atoms with van der Waals surface area (Å²) in [7, 11) is 10.0. The molecular formula is C100H156O24. The summed E-state index contributed by atoms with van der Waals surface area (Å²) in [5, 5.41) is 70.0. The molecule has 0 heterocycles. The van der Waals surface area contributed by atoms with Crippen molar-refractivity contribution in [3.63, 3.8) is 0 Å². The average Bonchev–Trinajstić information content (AvgIpc) is 0.867. The summed E-state index contributed by atoms with van der Waals surface area (Å²) in [6, 6.07) is 120. The minimum Gasteiger partial charge on any atom is -0.412 e. The molecule has 0 fully saturated rings. The van der Waals surface area contributed by atoms with E-state index in [1.165, 1.54) is 95.4 Å². The lowest BCUT2D eigenvalue weighted by atomic mass is 9.97. The molecule has 0 saturated carbocycles. The highest BCUT2D eigenvalue weighted by Gasteiger charge is 2.05. The van der Waals surface area contributed by atoms with Crippen molar-refractivity contribution in [3.05, 3.63) is 453 Å². The van der Waals surface area contributed by atoms with Crippen molar-refractivity contribution in [2.24, 2.45) is 0 Å². The average molecular weight is 1740 g/mol. The molecule has 24 nitrogen and oxygen atoms in total. The van der Waals surface area contributed by atoms with Crippen LogP contribution >= 0.6 is 0 Å². The molecule has 12 aromatic rings. The zero-order valence-corrected chi connectivity index (χ0v) is 74.5. The van der Waals surface area contributed by atoms with Gasteiger partial charge in [-0.25, -0.2) is 0 Å². The van der Waals surface area contributed by atoms with Crippen LogP contribution in [0.2, 0.25) is 0 Å². The van der Waals surface area contributed by atoms with Crippen LogP contribution in [-0.4, -0.2) is 193 Å². The number of hydrogen-bond donors (Lipinski definition) is 10. The Balaban J connectivity index is -0.0000000834. The number of rotatable bonds is 22. The van der Waals surface area contributed by atoms with Gasteiger partial charge in [-0.05, 0) is 147 Å². The van der Waals surface area contributed by atoms with Crippen LogP contribution in [0.25, 0.3) is 0 Å². The Morgan fingerprint density at radius 2 is 0.339 bits per heavy atom. The summed E-state index contributed by atoms with van der Waals surface area (Å²) in [4.78, 5) is 0. The Morgan fingerprint density at radius 1 is 0.185 bits per heavy atom. The fraction of sp³-hybridized carbons (Fsp3) is 0.240. The van der Waals surface area contributed by atoms with E-state index in [2.05, 4.69) is 341 Å². The molecule has 700 valence electrons. The fourth-order valence-electron chi connectivity index (χ4n) is 10.6. The van der Waals surface area contributed by atoms with E-state index in [0.717, 1.165) is 129 Å². The summed E-state index contributed by atoms with van der Waals surface area (Å²) in [6.07, 6.45) is 19.1. The maximum absolute atomic E-state index is 7.00. The molecule has 24 heteroatoms. The summed E-state index contributed by atoms with van der Waals surface area (Å²) in [5.74, 6) is 0. The third kappa shape index (κ3) is 76.1. The van der Waals surface area contributed by atoms with Crippen molar-refractivity contribution in [2.45, 2.75) is 91.3 Å². The molecule has 12 aromatic carbocycles. The maximum atomic E-state index is 7.00. The highest BCUT2D eigenvalue weighted by molar-refractivity contribution is 5.37. The Labute approximate surface area is 738 Å².